The van der Waals surface area contributed by atoms with Crippen LogP contribution in [0.1, 0.15) is 49.8 Å². The average Bonchev–Trinajstić information content (AvgIpc) is 3.10. The molecule has 0 heterocycles. The zero-order valence-corrected chi connectivity index (χ0v) is 12.1. The molecule has 0 bridgehead atoms. The van der Waals surface area contributed by atoms with Crippen LogP contribution >= 0.6 is 0 Å². The van der Waals surface area contributed by atoms with E-state index in [0.717, 1.165) is 6.54 Å². The third kappa shape index (κ3) is 2.45. The molecule has 2 nitrogen and oxygen atoms in total. The van der Waals surface area contributed by atoms with Crippen LogP contribution in [0.15, 0.2) is 24.3 Å². The highest BCUT2D eigenvalue weighted by atomic mass is 15.1. The molecule has 1 saturated carbocycles. The van der Waals surface area contributed by atoms with Crippen molar-refractivity contribution in [2.24, 2.45) is 11.1 Å². The van der Waals surface area contributed by atoms with Crippen molar-refractivity contribution in [3.05, 3.63) is 35.4 Å². The Balaban J connectivity index is 2.27. The largest absolute Gasteiger partial charge is 0.330 e. The summed E-state index contributed by atoms with van der Waals surface area (Å²) in [6, 6.07) is 9.57. The van der Waals surface area contributed by atoms with Gasteiger partial charge in [0.1, 0.15) is 0 Å². The van der Waals surface area contributed by atoms with Crippen molar-refractivity contribution in [3.63, 3.8) is 0 Å². The van der Waals surface area contributed by atoms with E-state index >= 15 is 0 Å². The van der Waals surface area contributed by atoms with Gasteiger partial charge in [0.2, 0.25) is 0 Å². The summed E-state index contributed by atoms with van der Waals surface area (Å²) in [7, 11) is 4.33. The van der Waals surface area contributed by atoms with Gasteiger partial charge in [-0.15, -0.1) is 0 Å². The fourth-order valence-electron chi connectivity index (χ4n) is 3.01. The fourth-order valence-corrected chi connectivity index (χ4v) is 3.01. The summed E-state index contributed by atoms with van der Waals surface area (Å²) in [6.45, 7) is 5.27. The second kappa shape index (κ2) is 5.02. The summed E-state index contributed by atoms with van der Waals surface area (Å²) in [5, 5.41) is 0. The Hall–Kier alpha value is -0.860. The van der Waals surface area contributed by atoms with Crippen LogP contribution in [0.2, 0.25) is 0 Å². The molecule has 18 heavy (non-hydrogen) atoms. The Morgan fingerprint density at radius 1 is 1.11 bits per heavy atom. The number of nitrogens with zero attached hydrogens (tertiary/aromatic N) is 1. The van der Waals surface area contributed by atoms with Crippen molar-refractivity contribution in [3.8, 4) is 0 Å². The van der Waals surface area contributed by atoms with Gasteiger partial charge in [-0.1, -0.05) is 38.1 Å². The second-order valence-corrected chi connectivity index (χ2v) is 6.25. The van der Waals surface area contributed by atoms with E-state index in [9.17, 15) is 0 Å². The molecule has 0 aromatic heterocycles. The molecule has 0 spiro atoms. The van der Waals surface area contributed by atoms with Crippen molar-refractivity contribution < 1.29 is 0 Å². The lowest BCUT2D eigenvalue weighted by atomic mass is 9.88. The third-order valence-electron chi connectivity index (χ3n) is 4.31. The highest BCUT2D eigenvalue weighted by molar-refractivity contribution is 5.29. The summed E-state index contributed by atoms with van der Waals surface area (Å²) in [5.41, 5.74) is 9.14. The standard InChI is InChI=1S/C16H26N2/c1-12(2)13-5-7-14(8-6-13)15(18(3)4)16(11-17)9-10-16/h5-8,12,15H,9-11,17H2,1-4H3. The first-order valence-electron chi connectivity index (χ1n) is 6.96. The molecule has 2 heteroatoms. The second-order valence-electron chi connectivity index (χ2n) is 6.25. The van der Waals surface area contributed by atoms with Gasteiger partial charge >= 0.3 is 0 Å². The zero-order chi connectivity index (χ0) is 13.3. The summed E-state index contributed by atoms with van der Waals surface area (Å²) in [5.74, 6) is 0.598. The monoisotopic (exact) mass is 246 g/mol. The Morgan fingerprint density at radius 2 is 1.61 bits per heavy atom. The molecule has 0 aliphatic heterocycles. The van der Waals surface area contributed by atoms with Gasteiger partial charge in [0.25, 0.3) is 0 Å². The van der Waals surface area contributed by atoms with E-state index in [-0.39, 0.29) is 0 Å². The number of hydrogen-bond donors (Lipinski definition) is 1. The quantitative estimate of drug-likeness (QED) is 0.864. The van der Waals surface area contributed by atoms with Gasteiger partial charge in [-0.05, 0) is 50.5 Å². The molecule has 0 radical (unpaired) electrons. The molecule has 100 valence electrons. The molecule has 1 aliphatic rings. The van der Waals surface area contributed by atoms with Gasteiger partial charge < -0.3 is 10.6 Å². The SMILES string of the molecule is CC(C)c1ccc(C(N(C)C)C2(CN)CC2)cc1. The summed E-state index contributed by atoms with van der Waals surface area (Å²) < 4.78 is 0. The fraction of sp³-hybridized carbons (Fsp3) is 0.625. The molecule has 1 atom stereocenters. The van der Waals surface area contributed by atoms with Crippen molar-refractivity contribution in [2.45, 2.75) is 38.6 Å². The Bertz CT molecular complexity index is 388. The van der Waals surface area contributed by atoms with Gasteiger partial charge in [-0.2, -0.15) is 0 Å². The van der Waals surface area contributed by atoms with Crippen molar-refractivity contribution in [1.29, 1.82) is 0 Å². The first-order chi connectivity index (χ1) is 8.50. The highest BCUT2D eigenvalue weighted by Crippen LogP contribution is 2.55. The van der Waals surface area contributed by atoms with Gasteiger partial charge in [0.05, 0.1) is 0 Å². The lowest BCUT2D eigenvalue weighted by Crippen LogP contribution is -2.33. The minimum absolute atomic E-state index is 0.322. The van der Waals surface area contributed by atoms with E-state index in [2.05, 4.69) is 57.1 Å². The van der Waals surface area contributed by atoms with E-state index in [0.29, 0.717) is 17.4 Å². The number of rotatable bonds is 5. The van der Waals surface area contributed by atoms with Crippen molar-refractivity contribution in [1.82, 2.24) is 4.90 Å². The minimum atomic E-state index is 0.322. The molecule has 1 fully saturated rings. The molecular formula is C16H26N2. The molecule has 2 rings (SSSR count). The first-order valence-corrected chi connectivity index (χ1v) is 6.96. The molecule has 1 aromatic rings. The Labute approximate surface area is 111 Å². The lowest BCUT2D eigenvalue weighted by Gasteiger charge is -2.32. The zero-order valence-electron chi connectivity index (χ0n) is 12.1. The molecule has 1 unspecified atom stereocenters. The van der Waals surface area contributed by atoms with Crippen LogP contribution in [0.3, 0.4) is 0 Å². The van der Waals surface area contributed by atoms with E-state index in [4.69, 9.17) is 5.73 Å². The smallest absolute Gasteiger partial charge is 0.0410 e. The first kappa shape index (κ1) is 13.6. The topological polar surface area (TPSA) is 29.3 Å². The van der Waals surface area contributed by atoms with Gasteiger partial charge in [-0.25, -0.2) is 0 Å². The Kier molecular flexibility index (Phi) is 3.79. The molecule has 2 N–H and O–H groups in total. The summed E-state index contributed by atoms with van der Waals surface area (Å²) in [6.07, 6.45) is 2.52. The van der Waals surface area contributed by atoms with Crippen LogP contribution in [-0.2, 0) is 0 Å². The minimum Gasteiger partial charge on any atom is -0.330 e. The van der Waals surface area contributed by atoms with Gasteiger partial charge in [0.15, 0.2) is 0 Å². The van der Waals surface area contributed by atoms with E-state index < -0.39 is 0 Å². The maximum atomic E-state index is 6.00. The summed E-state index contributed by atoms with van der Waals surface area (Å²) >= 11 is 0. The normalized spacial score (nSPS) is 19.3. The number of nitrogens with two attached hydrogens (primary N) is 1. The van der Waals surface area contributed by atoms with E-state index in [1.54, 1.807) is 0 Å². The maximum Gasteiger partial charge on any atom is 0.0410 e. The maximum absolute atomic E-state index is 6.00. The van der Waals surface area contributed by atoms with Crippen LogP contribution < -0.4 is 5.73 Å². The van der Waals surface area contributed by atoms with Crippen LogP contribution in [0.4, 0.5) is 0 Å². The lowest BCUT2D eigenvalue weighted by molar-refractivity contribution is 0.198. The number of hydrogen-bond acceptors (Lipinski definition) is 2. The van der Waals surface area contributed by atoms with Crippen LogP contribution in [0.5, 0.6) is 0 Å². The molecule has 0 saturated heterocycles. The number of benzene rings is 1. The molecular weight excluding hydrogens is 220 g/mol. The van der Waals surface area contributed by atoms with Crippen molar-refractivity contribution in [2.75, 3.05) is 20.6 Å². The third-order valence-corrected chi connectivity index (χ3v) is 4.31. The van der Waals surface area contributed by atoms with Crippen LogP contribution in [0, 0.1) is 5.41 Å². The Morgan fingerprint density at radius 3 is 1.94 bits per heavy atom. The van der Waals surface area contributed by atoms with E-state index in [1.165, 1.54) is 24.0 Å². The molecule has 0 amide bonds. The van der Waals surface area contributed by atoms with Gasteiger partial charge in [0, 0.05) is 11.5 Å². The predicted octanol–water partition coefficient (Wildman–Crippen LogP) is 3.15. The summed E-state index contributed by atoms with van der Waals surface area (Å²) in [4.78, 5) is 2.32. The van der Waals surface area contributed by atoms with Crippen molar-refractivity contribution >= 4 is 0 Å². The predicted molar refractivity (Wildman–Crippen MR) is 77.7 cm³/mol. The molecule has 1 aliphatic carbocycles. The highest BCUT2D eigenvalue weighted by Gasteiger charge is 2.49. The average molecular weight is 246 g/mol. The van der Waals surface area contributed by atoms with E-state index in [1.807, 2.05) is 0 Å². The van der Waals surface area contributed by atoms with Crippen LogP contribution in [-0.4, -0.2) is 25.5 Å². The molecule has 1 aromatic carbocycles. The van der Waals surface area contributed by atoms with Gasteiger partial charge in [-0.3, -0.25) is 0 Å². The van der Waals surface area contributed by atoms with Crippen LogP contribution in [0.25, 0.3) is 0 Å².